The van der Waals surface area contributed by atoms with Gasteiger partial charge in [0, 0.05) is 19.6 Å². The number of carbonyl (C=O) groups is 1. The molecule has 1 aliphatic heterocycles. The van der Waals surface area contributed by atoms with E-state index in [1.165, 1.54) is 11.9 Å². The second-order valence-electron chi connectivity index (χ2n) is 3.61. The summed E-state index contributed by atoms with van der Waals surface area (Å²) in [7, 11) is -0.506. The molecule has 0 radical (unpaired) electrons. The van der Waals surface area contributed by atoms with Crippen molar-refractivity contribution >= 4 is 28.3 Å². The maximum absolute atomic E-state index is 11.6. The van der Waals surface area contributed by atoms with E-state index in [2.05, 4.69) is 10.0 Å². The standard InChI is InChI=1S/C8H17N3O3S.ClH/c1-9-15(13,14)6-8(12)11(2)7-3-4-10-5-7;/h7,9-10H,3-6H2,1-2H3;1H. The van der Waals surface area contributed by atoms with Crippen LogP contribution in [0.2, 0.25) is 0 Å². The van der Waals surface area contributed by atoms with Crippen LogP contribution in [0.25, 0.3) is 0 Å². The van der Waals surface area contributed by atoms with E-state index in [-0.39, 0.29) is 24.4 Å². The summed E-state index contributed by atoms with van der Waals surface area (Å²) in [6, 6.07) is 0.115. The van der Waals surface area contributed by atoms with E-state index in [0.717, 1.165) is 19.5 Å². The minimum Gasteiger partial charge on any atom is -0.341 e. The summed E-state index contributed by atoms with van der Waals surface area (Å²) in [6.45, 7) is 1.61. The molecule has 0 bridgehead atoms. The first-order valence-corrected chi connectivity index (χ1v) is 6.49. The van der Waals surface area contributed by atoms with Crippen molar-refractivity contribution in [2.75, 3.05) is 32.9 Å². The Bertz CT molecular complexity index is 327. The number of likely N-dealkylation sites (N-methyl/N-ethyl adjacent to an activating group) is 1. The van der Waals surface area contributed by atoms with Crippen LogP contribution in [0.4, 0.5) is 0 Å². The number of hydrogen-bond donors (Lipinski definition) is 2. The molecule has 2 N–H and O–H groups in total. The summed E-state index contributed by atoms with van der Waals surface area (Å²) in [5, 5.41) is 3.13. The lowest BCUT2D eigenvalue weighted by Gasteiger charge is -2.23. The first-order chi connectivity index (χ1) is 6.96. The molecule has 1 heterocycles. The van der Waals surface area contributed by atoms with Crippen molar-refractivity contribution in [2.24, 2.45) is 0 Å². The Kier molecular flexibility index (Phi) is 6.24. The number of halogens is 1. The number of carbonyl (C=O) groups excluding carboxylic acids is 1. The third-order valence-electron chi connectivity index (χ3n) is 2.60. The summed E-state index contributed by atoms with van der Waals surface area (Å²) in [6.07, 6.45) is 0.877. The van der Waals surface area contributed by atoms with Gasteiger partial charge in [-0.2, -0.15) is 0 Å². The van der Waals surface area contributed by atoms with Crippen LogP contribution in [0.3, 0.4) is 0 Å². The molecule has 16 heavy (non-hydrogen) atoms. The van der Waals surface area contributed by atoms with Gasteiger partial charge in [-0.15, -0.1) is 12.4 Å². The zero-order valence-electron chi connectivity index (χ0n) is 9.39. The first-order valence-electron chi connectivity index (χ1n) is 4.84. The van der Waals surface area contributed by atoms with Gasteiger partial charge < -0.3 is 10.2 Å². The van der Waals surface area contributed by atoms with E-state index in [9.17, 15) is 13.2 Å². The number of amides is 1. The Balaban J connectivity index is 0.00000225. The van der Waals surface area contributed by atoms with E-state index in [1.807, 2.05) is 0 Å². The lowest BCUT2D eigenvalue weighted by atomic mass is 10.2. The highest BCUT2D eigenvalue weighted by Crippen LogP contribution is 2.06. The molecule has 0 aliphatic carbocycles. The van der Waals surface area contributed by atoms with Crippen molar-refractivity contribution in [2.45, 2.75) is 12.5 Å². The van der Waals surface area contributed by atoms with Gasteiger partial charge >= 0.3 is 0 Å². The molecular weight excluding hydrogens is 254 g/mol. The number of nitrogens with zero attached hydrogens (tertiary/aromatic N) is 1. The SMILES string of the molecule is CNS(=O)(=O)CC(=O)N(C)C1CCNC1.Cl. The van der Waals surface area contributed by atoms with E-state index >= 15 is 0 Å². The fourth-order valence-electron chi connectivity index (χ4n) is 1.51. The van der Waals surface area contributed by atoms with Gasteiger partial charge in [0.1, 0.15) is 5.75 Å². The summed E-state index contributed by atoms with van der Waals surface area (Å²) in [5.41, 5.74) is 0. The van der Waals surface area contributed by atoms with Crippen LogP contribution in [0.1, 0.15) is 6.42 Å². The van der Waals surface area contributed by atoms with Crippen molar-refractivity contribution in [1.29, 1.82) is 0 Å². The van der Waals surface area contributed by atoms with Gasteiger partial charge in [0.15, 0.2) is 0 Å². The Morgan fingerprint density at radius 3 is 2.62 bits per heavy atom. The smallest absolute Gasteiger partial charge is 0.239 e. The Morgan fingerprint density at radius 1 is 1.56 bits per heavy atom. The van der Waals surface area contributed by atoms with Crippen LogP contribution in [-0.2, 0) is 14.8 Å². The van der Waals surface area contributed by atoms with Crippen molar-refractivity contribution < 1.29 is 13.2 Å². The number of hydrogen-bond acceptors (Lipinski definition) is 4. The molecule has 1 fully saturated rings. The zero-order chi connectivity index (χ0) is 11.5. The average Bonchev–Trinajstić information content (AvgIpc) is 2.68. The molecule has 0 aromatic heterocycles. The van der Waals surface area contributed by atoms with Crippen molar-refractivity contribution in [1.82, 2.24) is 14.9 Å². The van der Waals surface area contributed by atoms with Crippen LogP contribution < -0.4 is 10.0 Å². The van der Waals surface area contributed by atoms with Crippen LogP contribution in [0, 0.1) is 0 Å². The van der Waals surface area contributed by atoms with Crippen LogP contribution >= 0.6 is 12.4 Å². The number of nitrogens with one attached hydrogen (secondary N) is 2. The molecule has 1 atom stereocenters. The highest BCUT2D eigenvalue weighted by molar-refractivity contribution is 7.90. The molecule has 96 valence electrons. The normalized spacial score (nSPS) is 20.2. The van der Waals surface area contributed by atoms with Gasteiger partial charge in [0.25, 0.3) is 0 Å². The molecule has 1 unspecified atom stereocenters. The largest absolute Gasteiger partial charge is 0.341 e. The van der Waals surface area contributed by atoms with E-state index in [4.69, 9.17) is 0 Å². The number of rotatable bonds is 4. The molecule has 1 rings (SSSR count). The lowest BCUT2D eigenvalue weighted by Crippen LogP contribution is -2.43. The fourth-order valence-corrected chi connectivity index (χ4v) is 2.18. The molecule has 8 heteroatoms. The monoisotopic (exact) mass is 271 g/mol. The van der Waals surface area contributed by atoms with Crippen molar-refractivity contribution in [3.05, 3.63) is 0 Å². The number of sulfonamides is 1. The maximum Gasteiger partial charge on any atom is 0.239 e. The van der Waals surface area contributed by atoms with E-state index < -0.39 is 15.8 Å². The summed E-state index contributed by atoms with van der Waals surface area (Å²) < 4.78 is 24.4. The van der Waals surface area contributed by atoms with Crippen molar-refractivity contribution in [3.63, 3.8) is 0 Å². The second-order valence-corrected chi connectivity index (χ2v) is 5.54. The van der Waals surface area contributed by atoms with E-state index in [0.29, 0.717) is 0 Å². The van der Waals surface area contributed by atoms with Crippen LogP contribution in [0.15, 0.2) is 0 Å². The highest BCUT2D eigenvalue weighted by atomic mass is 35.5. The third kappa shape index (κ3) is 4.25. The van der Waals surface area contributed by atoms with Gasteiger partial charge in [0.2, 0.25) is 15.9 Å². The fraction of sp³-hybridized carbons (Fsp3) is 0.875. The van der Waals surface area contributed by atoms with E-state index in [1.54, 1.807) is 7.05 Å². The lowest BCUT2D eigenvalue weighted by molar-refractivity contribution is -0.128. The predicted molar refractivity (Wildman–Crippen MR) is 64.1 cm³/mol. The van der Waals surface area contributed by atoms with Gasteiger partial charge in [-0.3, -0.25) is 4.79 Å². The van der Waals surface area contributed by atoms with Gasteiger partial charge in [-0.25, -0.2) is 13.1 Å². The Labute approximate surface area is 102 Å². The highest BCUT2D eigenvalue weighted by Gasteiger charge is 2.25. The van der Waals surface area contributed by atoms with Crippen molar-refractivity contribution in [3.8, 4) is 0 Å². The average molecular weight is 272 g/mol. The molecule has 0 saturated carbocycles. The Hall–Kier alpha value is -0.370. The van der Waals surface area contributed by atoms with Gasteiger partial charge in [-0.1, -0.05) is 0 Å². The van der Waals surface area contributed by atoms with Crippen LogP contribution in [0.5, 0.6) is 0 Å². The maximum atomic E-state index is 11.6. The second kappa shape index (κ2) is 6.39. The molecular formula is C8H18ClN3O3S. The molecule has 1 aliphatic rings. The Morgan fingerprint density at radius 2 is 2.19 bits per heavy atom. The summed E-state index contributed by atoms with van der Waals surface area (Å²) >= 11 is 0. The third-order valence-corrected chi connectivity index (χ3v) is 3.85. The molecule has 0 aromatic carbocycles. The molecule has 0 spiro atoms. The van der Waals surface area contributed by atoms with Gasteiger partial charge in [-0.05, 0) is 20.0 Å². The predicted octanol–water partition coefficient (Wildman–Crippen LogP) is -1.22. The summed E-state index contributed by atoms with van der Waals surface area (Å²) in [4.78, 5) is 13.1. The quantitative estimate of drug-likeness (QED) is 0.672. The minimum atomic E-state index is -3.45. The molecule has 0 aromatic rings. The first kappa shape index (κ1) is 15.6. The zero-order valence-corrected chi connectivity index (χ0v) is 11.0. The molecule has 1 saturated heterocycles. The molecule has 1 amide bonds. The summed E-state index contributed by atoms with van der Waals surface area (Å²) in [5.74, 6) is -0.839. The molecule has 6 nitrogen and oxygen atoms in total. The van der Waals surface area contributed by atoms with Crippen LogP contribution in [-0.4, -0.2) is 58.2 Å². The van der Waals surface area contributed by atoms with Gasteiger partial charge in [0.05, 0.1) is 0 Å². The topological polar surface area (TPSA) is 78.5 Å². The minimum absolute atomic E-state index is 0.